The van der Waals surface area contributed by atoms with Crippen LogP contribution in [-0.4, -0.2) is 12.5 Å². The molecular weight excluding hydrogens is 258 g/mol. The Morgan fingerprint density at radius 3 is 1.24 bits per heavy atom. The van der Waals surface area contributed by atoms with Gasteiger partial charge in [0.2, 0.25) is 0 Å². The van der Waals surface area contributed by atoms with Gasteiger partial charge >= 0.3 is 0 Å². The number of nitrogens with zero attached hydrogens (tertiary/aromatic N) is 1. The van der Waals surface area contributed by atoms with E-state index in [0.29, 0.717) is 0 Å². The third-order valence-corrected chi connectivity index (χ3v) is 4.06. The molecule has 0 spiro atoms. The summed E-state index contributed by atoms with van der Waals surface area (Å²) >= 11 is 0. The molecule has 0 aromatic rings. The van der Waals surface area contributed by atoms with Gasteiger partial charge < -0.3 is 11.5 Å². The fourth-order valence-electron chi connectivity index (χ4n) is 2.69. The van der Waals surface area contributed by atoms with Gasteiger partial charge in [-0.25, -0.2) is 0 Å². The Hall–Kier alpha value is -0.730. The molecule has 0 aliphatic heterocycles. The summed E-state index contributed by atoms with van der Waals surface area (Å²) in [7, 11) is 0. The first kappa shape index (κ1) is 20.3. The molecule has 0 aromatic carbocycles. The number of guanidine groups is 1. The van der Waals surface area contributed by atoms with Gasteiger partial charge in [-0.3, -0.25) is 4.99 Å². The van der Waals surface area contributed by atoms with Crippen molar-refractivity contribution in [1.29, 1.82) is 0 Å². The zero-order valence-corrected chi connectivity index (χ0v) is 14.4. The van der Waals surface area contributed by atoms with Crippen molar-refractivity contribution in [3.05, 3.63) is 0 Å². The van der Waals surface area contributed by atoms with Crippen LogP contribution in [0.15, 0.2) is 4.99 Å². The molecule has 0 rings (SSSR count). The van der Waals surface area contributed by atoms with Gasteiger partial charge in [0.25, 0.3) is 0 Å². The maximum Gasteiger partial charge on any atom is 0.185 e. The minimum Gasteiger partial charge on any atom is -0.370 e. The standard InChI is InChI=1S/C18H39N3/c1-2-3-4-5-6-7-8-9-10-11-12-13-14-15-16-17-21-18(19)20/h2-17H2,1H3,(H4,19,20,21). The number of nitrogens with two attached hydrogens (primary N) is 2. The zero-order valence-electron chi connectivity index (χ0n) is 14.4. The molecule has 0 unspecified atom stereocenters. The number of unbranched alkanes of at least 4 members (excludes halogenated alkanes) is 14. The molecule has 3 heteroatoms. The first-order chi connectivity index (χ1) is 10.3. The fraction of sp³-hybridized carbons (Fsp3) is 0.944. The minimum atomic E-state index is 0.223. The lowest BCUT2D eigenvalue weighted by atomic mass is 10.0. The molecule has 126 valence electrons. The largest absolute Gasteiger partial charge is 0.370 e. The first-order valence-electron chi connectivity index (χ1n) is 9.32. The predicted octanol–water partition coefficient (Wildman–Crippen LogP) is 5.13. The molecular formula is C18H39N3. The monoisotopic (exact) mass is 297 g/mol. The second-order valence-electron chi connectivity index (χ2n) is 6.26. The zero-order chi connectivity index (χ0) is 15.6. The van der Waals surface area contributed by atoms with Crippen LogP contribution in [0.25, 0.3) is 0 Å². The van der Waals surface area contributed by atoms with Crippen molar-refractivity contribution in [3.8, 4) is 0 Å². The van der Waals surface area contributed by atoms with Crippen LogP contribution in [0.1, 0.15) is 103 Å². The summed E-state index contributed by atoms with van der Waals surface area (Å²) in [6, 6.07) is 0. The molecule has 0 heterocycles. The van der Waals surface area contributed by atoms with Crippen LogP contribution in [-0.2, 0) is 0 Å². The molecule has 0 fully saturated rings. The quantitative estimate of drug-likeness (QED) is 0.235. The Labute approximate surface area is 133 Å². The highest BCUT2D eigenvalue weighted by Gasteiger charge is 1.94. The lowest BCUT2D eigenvalue weighted by molar-refractivity contribution is 0.533. The second kappa shape index (κ2) is 17.3. The summed E-state index contributed by atoms with van der Waals surface area (Å²) in [4.78, 5) is 4.00. The third kappa shape index (κ3) is 19.3. The van der Waals surface area contributed by atoms with Crippen molar-refractivity contribution in [3.63, 3.8) is 0 Å². The summed E-state index contributed by atoms with van der Waals surface area (Å²) < 4.78 is 0. The number of hydrogen-bond acceptors (Lipinski definition) is 1. The van der Waals surface area contributed by atoms with Crippen LogP contribution in [0.5, 0.6) is 0 Å². The second-order valence-corrected chi connectivity index (χ2v) is 6.26. The van der Waals surface area contributed by atoms with Crippen LogP contribution >= 0.6 is 0 Å². The van der Waals surface area contributed by atoms with Crippen molar-refractivity contribution in [2.24, 2.45) is 16.5 Å². The normalized spacial score (nSPS) is 10.7. The highest BCUT2D eigenvalue weighted by atomic mass is 15.0. The summed E-state index contributed by atoms with van der Waals surface area (Å²) in [5.41, 5.74) is 10.6. The average molecular weight is 298 g/mol. The van der Waals surface area contributed by atoms with Gasteiger partial charge in [-0.2, -0.15) is 0 Å². The molecule has 3 nitrogen and oxygen atoms in total. The Morgan fingerprint density at radius 2 is 0.905 bits per heavy atom. The van der Waals surface area contributed by atoms with E-state index in [-0.39, 0.29) is 5.96 Å². The van der Waals surface area contributed by atoms with Crippen LogP contribution in [0.4, 0.5) is 0 Å². The topological polar surface area (TPSA) is 64.4 Å². The average Bonchev–Trinajstić information content (AvgIpc) is 2.46. The molecule has 0 aromatic heterocycles. The van der Waals surface area contributed by atoms with E-state index in [0.717, 1.165) is 13.0 Å². The summed E-state index contributed by atoms with van der Waals surface area (Å²) in [5, 5.41) is 0. The van der Waals surface area contributed by atoms with E-state index >= 15 is 0 Å². The lowest BCUT2D eigenvalue weighted by Crippen LogP contribution is -2.22. The van der Waals surface area contributed by atoms with Gasteiger partial charge in [-0.1, -0.05) is 96.8 Å². The van der Waals surface area contributed by atoms with Crippen LogP contribution in [0.2, 0.25) is 0 Å². The van der Waals surface area contributed by atoms with E-state index in [1.807, 2.05) is 0 Å². The van der Waals surface area contributed by atoms with Crippen LogP contribution in [0.3, 0.4) is 0 Å². The highest BCUT2D eigenvalue weighted by molar-refractivity contribution is 5.75. The fourth-order valence-corrected chi connectivity index (χ4v) is 2.69. The molecule has 0 atom stereocenters. The molecule has 0 bridgehead atoms. The SMILES string of the molecule is CCCCCCCCCCCCCCCCCN=C(N)N. The van der Waals surface area contributed by atoms with Gasteiger partial charge in [-0.15, -0.1) is 0 Å². The molecule has 0 aliphatic rings. The van der Waals surface area contributed by atoms with Gasteiger partial charge in [0.15, 0.2) is 5.96 Å². The Bertz CT molecular complexity index is 223. The van der Waals surface area contributed by atoms with Gasteiger partial charge in [-0.05, 0) is 6.42 Å². The maximum atomic E-state index is 5.28. The smallest absolute Gasteiger partial charge is 0.185 e. The van der Waals surface area contributed by atoms with Crippen molar-refractivity contribution >= 4 is 5.96 Å². The van der Waals surface area contributed by atoms with Crippen molar-refractivity contribution in [1.82, 2.24) is 0 Å². The first-order valence-corrected chi connectivity index (χ1v) is 9.32. The molecule has 4 N–H and O–H groups in total. The van der Waals surface area contributed by atoms with E-state index < -0.39 is 0 Å². The molecule has 0 saturated carbocycles. The van der Waals surface area contributed by atoms with Gasteiger partial charge in [0, 0.05) is 6.54 Å². The van der Waals surface area contributed by atoms with Crippen molar-refractivity contribution in [2.45, 2.75) is 103 Å². The van der Waals surface area contributed by atoms with E-state index in [1.54, 1.807) is 0 Å². The molecule has 0 amide bonds. The van der Waals surface area contributed by atoms with Crippen LogP contribution < -0.4 is 11.5 Å². The highest BCUT2D eigenvalue weighted by Crippen LogP contribution is 2.13. The summed E-state index contributed by atoms with van der Waals surface area (Å²) in [6.07, 6.45) is 20.8. The maximum absolute atomic E-state index is 5.28. The van der Waals surface area contributed by atoms with E-state index in [4.69, 9.17) is 11.5 Å². The van der Waals surface area contributed by atoms with Gasteiger partial charge in [0.05, 0.1) is 0 Å². The Kier molecular flexibility index (Phi) is 16.7. The Morgan fingerprint density at radius 1 is 0.571 bits per heavy atom. The van der Waals surface area contributed by atoms with E-state index in [1.165, 1.54) is 89.9 Å². The number of hydrogen-bond donors (Lipinski definition) is 2. The molecule has 0 aliphatic carbocycles. The third-order valence-electron chi connectivity index (χ3n) is 4.06. The van der Waals surface area contributed by atoms with Crippen LogP contribution in [0, 0.1) is 0 Å². The summed E-state index contributed by atoms with van der Waals surface area (Å²) in [5.74, 6) is 0.223. The van der Waals surface area contributed by atoms with E-state index in [9.17, 15) is 0 Å². The number of aliphatic imine (C=N–C) groups is 1. The van der Waals surface area contributed by atoms with E-state index in [2.05, 4.69) is 11.9 Å². The Balaban J connectivity index is 2.98. The van der Waals surface area contributed by atoms with Crippen molar-refractivity contribution < 1.29 is 0 Å². The summed E-state index contributed by atoms with van der Waals surface area (Å²) in [6.45, 7) is 3.07. The van der Waals surface area contributed by atoms with Crippen molar-refractivity contribution in [2.75, 3.05) is 6.54 Å². The molecule has 0 radical (unpaired) electrons. The lowest BCUT2D eigenvalue weighted by Gasteiger charge is -2.03. The van der Waals surface area contributed by atoms with Gasteiger partial charge in [0.1, 0.15) is 0 Å². The minimum absolute atomic E-state index is 0.223. The number of rotatable bonds is 16. The predicted molar refractivity (Wildman–Crippen MR) is 95.6 cm³/mol. The molecule has 21 heavy (non-hydrogen) atoms. The molecule has 0 saturated heterocycles.